The summed E-state index contributed by atoms with van der Waals surface area (Å²) in [6, 6.07) is 1.98. The van der Waals surface area contributed by atoms with E-state index >= 15 is 24.0 Å². The lowest BCUT2D eigenvalue weighted by Gasteiger charge is -2.37. The van der Waals surface area contributed by atoms with E-state index in [-0.39, 0.29) is 46.1 Å². The molecule has 1 unspecified atom stereocenters. The molecule has 7 aliphatic rings. The highest BCUT2D eigenvalue weighted by atomic mass is 35.5. The molecule has 0 aliphatic carbocycles. The van der Waals surface area contributed by atoms with Gasteiger partial charge in [-0.15, -0.1) is 0 Å². The number of carbonyl (C=O) groups is 7. The lowest BCUT2D eigenvalue weighted by atomic mass is 9.89. The molecule has 7 aromatic rings. The smallest absolute Gasteiger partial charge is 0.446 e. The van der Waals surface area contributed by atoms with Crippen LogP contribution in [0.1, 0.15) is 101 Å². The highest BCUT2D eigenvalue weighted by Crippen LogP contribution is 2.51. The van der Waals surface area contributed by atoms with E-state index in [0.717, 1.165) is 72.8 Å². The molecule has 7 heterocycles. The molecule has 7 aromatic carbocycles. The molecule has 36 heteroatoms. The fraction of sp³-hybridized carbons (Fsp3) is 0.246. The van der Waals surface area contributed by atoms with Crippen molar-refractivity contribution >= 4 is 98.2 Å². The zero-order valence-electron chi connectivity index (χ0n) is 51.7. The summed E-state index contributed by atoms with van der Waals surface area (Å²) in [4.78, 5) is 107. The number of halogens is 4. The maximum atomic E-state index is 16.2. The summed E-state index contributed by atoms with van der Waals surface area (Å²) in [5.41, 5.74) is -4.05. The second-order valence-corrected chi connectivity index (χ2v) is 26.3. The van der Waals surface area contributed by atoms with E-state index in [9.17, 15) is 63.4 Å². The van der Waals surface area contributed by atoms with Crippen LogP contribution >= 0.6 is 46.4 Å². The van der Waals surface area contributed by atoms with Crippen LogP contribution in [0.15, 0.2) is 103 Å². The number of aliphatic hydroxyl groups is 2. The summed E-state index contributed by atoms with van der Waals surface area (Å²) < 4.78 is 71.4. The van der Waals surface area contributed by atoms with Crippen molar-refractivity contribution in [3.63, 3.8) is 0 Å². The molecule has 0 saturated carbocycles. The van der Waals surface area contributed by atoms with E-state index in [4.69, 9.17) is 74.3 Å². The zero-order chi connectivity index (χ0) is 72.5. The Morgan fingerprint density at radius 2 is 1.19 bits per heavy atom. The van der Waals surface area contributed by atoms with Gasteiger partial charge in [-0.25, -0.2) is 4.79 Å². The van der Waals surface area contributed by atoms with Gasteiger partial charge in [-0.3, -0.25) is 33.3 Å². The summed E-state index contributed by atoms with van der Waals surface area (Å²) >= 11 is 28.0. The third kappa shape index (κ3) is 14.2. The van der Waals surface area contributed by atoms with Gasteiger partial charge in [0.25, 0.3) is 0 Å². The Balaban J connectivity index is 1.13. The summed E-state index contributed by atoms with van der Waals surface area (Å²) in [5.74, 6) is -18.3. The number of benzene rings is 7. The summed E-state index contributed by atoms with van der Waals surface area (Å²) in [7, 11) is -4.21. The molecule has 0 aromatic heterocycles. The van der Waals surface area contributed by atoms with Gasteiger partial charge in [0.1, 0.15) is 77.2 Å². The van der Waals surface area contributed by atoms with Crippen LogP contribution in [0.5, 0.6) is 69.0 Å². The first-order chi connectivity index (χ1) is 47.8. The Morgan fingerprint density at radius 3 is 1.86 bits per heavy atom. The Kier molecular flexibility index (Phi) is 19.5. The number of likely N-dealkylation sites (N-methyl/N-ethyl adjacent to an activating group) is 1. The monoisotopic (exact) mass is 1490 g/mol. The average Bonchev–Trinajstić information content (AvgIpc) is 0.753. The third-order valence-electron chi connectivity index (χ3n) is 17.0. The molecule has 14 rings (SSSR count). The number of phenolic OH excluding ortho intramolecular Hbond substituents is 5. The maximum absolute atomic E-state index is 16.2. The minimum Gasteiger partial charge on any atom is -0.508 e. The number of nitrogens with one attached hydrogen (secondary N) is 7. The SMILES string of the molecule is CN[C@H]1C(=O)N[C@@H]2C(=O)NC(C(=O)N[C@H]3C(=O)N[C@@H]4C(=O)N[C@@H](C(=O)N[C@@H](C(=O)O)c5cc(O)cc(O)c5-c5cc4ccc5OS(=O)(=O)O)[C@H](O[C@H]4CC[C@H](O)[C@H](C)O4)c4cc(Cl)c(c(Cl)c4)Oc4cc3cc(c4O)Oc3ccc(cc3Cl)[C@H]2O)c2cc(cc(O)c2Cl)Oc2cc1ccc2O. The Bertz CT molecular complexity index is 4740. The van der Waals surface area contributed by atoms with Crippen LogP contribution in [0, 0.1) is 0 Å². The number of phenols is 5. The first-order valence-corrected chi connectivity index (χ1v) is 33.0. The van der Waals surface area contributed by atoms with Crippen LogP contribution in [-0.2, 0) is 53.4 Å². The lowest BCUT2D eigenvalue weighted by molar-refractivity contribution is -0.239. The molecule has 12 atom stereocenters. The van der Waals surface area contributed by atoms with Crippen molar-refractivity contribution in [2.45, 2.75) is 92.8 Å². The van der Waals surface area contributed by atoms with Crippen molar-refractivity contribution in [2.75, 3.05) is 7.05 Å². The molecule has 17 bridgehead atoms. The van der Waals surface area contributed by atoms with Gasteiger partial charge in [0.15, 0.2) is 46.8 Å². The zero-order valence-corrected chi connectivity index (χ0v) is 55.6. The minimum absolute atomic E-state index is 0.0289. The highest BCUT2D eigenvalue weighted by Gasteiger charge is 2.45. The number of hydrogen-bond acceptors (Lipinski definition) is 23. The van der Waals surface area contributed by atoms with E-state index in [2.05, 4.69) is 37.2 Å². The molecule has 7 aliphatic heterocycles. The predicted octanol–water partition coefficient (Wildman–Crippen LogP) is 6.43. The number of fused-ring (bicyclic) bond motifs is 14. The molecule has 0 radical (unpaired) electrons. The number of rotatable bonds is 6. The van der Waals surface area contributed by atoms with Gasteiger partial charge in [-0.2, -0.15) is 8.42 Å². The van der Waals surface area contributed by atoms with E-state index < -0.39 is 231 Å². The second-order valence-electron chi connectivity index (χ2n) is 23.7. The molecule has 6 amide bonds. The number of carbonyl (C=O) groups excluding carboxylic acids is 6. The second kappa shape index (κ2) is 27.8. The Hall–Kier alpha value is -10.1. The van der Waals surface area contributed by atoms with Crippen LogP contribution < -0.4 is 55.6 Å². The number of aliphatic carboxylic acids is 1. The van der Waals surface area contributed by atoms with Gasteiger partial charge in [0.05, 0.1) is 32.3 Å². The fourth-order valence-corrected chi connectivity index (χ4v) is 13.5. The number of carboxylic acids is 1. The highest BCUT2D eigenvalue weighted by molar-refractivity contribution is 7.81. The molecular weight excluding hydrogens is 1440 g/mol. The van der Waals surface area contributed by atoms with E-state index in [1.165, 1.54) is 38.2 Å². The van der Waals surface area contributed by atoms with Gasteiger partial charge < -0.3 is 106 Å². The van der Waals surface area contributed by atoms with Gasteiger partial charge in [-0.1, -0.05) is 64.6 Å². The van der Waals surface area contributed by atoms with Crippen molar-refractivity contribution in [3.05, 3.63) is 162 Å². The molecular formula is C65H55Cl4N7O24S. The average molecular weight is 1490 g/mol. The molecule has 1 fully saturated rings. The van der Waals surface area contributed by atoms with Gasteiger partial charge >= 0.3 is 16.4 Å². The standard InChI is InChI=1S/C65H55Cl4N7O24S/c1-22-36(78)7-10-45(95-22)99-57-27-13-34(67)58(35(68)14-27)98-44-17-26-16-43(56(44)83)97-41-9-5-25(12-33(41)66)55(82)53-63(88)73-51(32-20-29(21-39(81)47(32)69)96-42-15-24(3-6-37(42)79)48(70-2)59(84)75-53)62(87)72-50(26)61(86)71-49-23-4-8-40(100-101(92,93)94)30(11-23)46-31(18-28(77)19-38(46)80)52(65(90)91)74-64(89)54(57)76-60(49)85/h3-6,8-9,11-22,36,45,48-55,57,70,77-83H,7,10H2,1-2H3,(H,71,86)(H,72,87)(H,73,88)(H,74,89)(H,75,84)(H,76,85)(H,90,91)(H,92,93,94)/t22-,36-,45-,48+,49-,50+,51?,52+,53-,54+,55+,57+/m0/s1. The number of ether oxygens (including phenoxy) is 5. The number of hydrogen-bond donors (Lipinski definition) is 16. The summed E-state index contributed by atoms with van der Waals surface area (Å²) in [6.07, 6.45) is -7.53. The first-order valence-electron chi connectivity index (χ1n) is 30.1. The van der Waals surface area contributed by atoms with Crippen LogP contribution in [0.3, 0.4) is 0 Å². The van der Waals surface area contributed by atoms with Crippen molar-refractivity contribution in [2.24, 2.45) is 0 Å². The van der Waals surface area contributed by atoms with Crippen molar-refractivity contribution < 1.29 is 115 Å². The Labute approximate surface area is 589 Å². The largest absolute Gasteiger partial charge is 0.508 e. The number of amides is 6. The van der Waals surface area contributed by atoms with Gasteiger partial charge in [0, 0.05) is 40.8 Å². The summed E-state index contributed by atoms with van der Waals surface area (Å²) in [6.45, 7) is 1.49. The molecule has 1 saturated heterocycles. The molecule has 31 nitrogen and oxygen atoms in total. The van der Waals surface area contributed by atoms with E-state index in [1.807, 2.05) is 0 Å². The van der Waals surface area contributed by atoms with E-state index in [0.29, 0.717) is 6.07 Å². The van der Waals surface area contributed by atoms with Crippen LogP contribution in [0.2, 0.25) is 20.1 Å². The number of carboxylic acid groups (broad SMARTS) is 1. The quantitative estimate of drug-likeness (QED) is 0.0797. The lowest BCUT2D eigenvalue weighted by Crippen LogP contribution is -2.56. The summed E-state index contributed by atoms with van der Waals surface area (Å²) in [5, 5.41) is 107. The topological polar surface area (TPSA) is 475 Å². The molecule has 16 N–H and O–H groups in total. The van der Waals surface area contributed by atoms with Crippen LogP contribution in [-0.4, -0.2) is 133 Å². The van der Waals surface area contributed by atoms with Crippen molar-refractivity contribution in [1.29, 1.82) is 0 Å². The maximum Gasteiger partial charge on any atom is 0.446 e. The molecule has 528 valence electrons. The normalized spacial score (nSPS) is 24.4. The van der Waals surface area contributed by atoms with Crippen LogP contribution in [0.25, 0.3) is 11.1 Å². The van der Waals surface area contributed by atoms with Crippen molar-refractivity contribution in [3.8, 4) is 80.1 Å². The fourth-order valence-electron chi connectivity index (χ4n) is 12.1. The minimum atomic E-state index is -5.58. The number of aliphatic hydroxyl groups excluding tert-OH is 2. The number of aromatic hydroxyl groups is 5. The van der Waals surface area contributed by atoms with Crippen LogP contribution in [0.4, 0.5) is 0 Å². The molecule has 101 heavy (non-hydrogen) atoms. The molecule has 0 spiro atoms. The third-order valence-corrected chi connectivity index (χ3v) is 18.7. The predicted molar refractivity (Wildman–Crippen MR) is 350 cm³/mol. The Morgan fingerprint density at radius 1 is 0.574 bits per heavy atom. The van der Waals surface area contributed by atoms with Gasteiger partial charge in [0.2, 0.25) is 41.2 Å². The van der Waals surface area contributed by atoms with Gasteiger partial charge in [-0.05, 0) is 121 Å². The first kappa shape index (κ1) is 70.8. The van der Waals surface area contributed by atoms with Crippen molar-refractivity contribution in [1.82, 2.24) is 37.2 Å². The van der Waals surface area contributed by atoms with E-state index in [1.54, 1.807) is 0 Å².